The van der Waals surface area contributed by atoms with E-state index < -0.39 is 0 Å². The molecule has 4 nitrogen and oxygen atoms in total. The minimum atomic E-state index is 0.0317. The van der Waals surface area contributed by atoms with E-state index in [1.165, 1.54) is 0 Å². The minimum Gasteiger partial charge on any atom is -0.396 e. The molecular formula is C15H24N2O2S. The average Bonchev–Trinajstić information content (AvgIpc) is 2.77. The molecule has 2 rings (SSSR count). The second-order valence-electron chi connectivity index (χ2n) is 5.80. The van der Waals surface area contributed by atoms with Crippen molar-refractivity contribution in [1.82, 2.24) is 9.88 Å². The van der Waals surface area contributed by atoms with Crippen LogP contribution in [0.1, 0.15) is 41.8 Å². The van der Waals surface area contributed by atoms with E-state index in [-0.39, 0.29) is 17.9 Å². The van der Waals surface area contributed by atoms with Crippen LogP contribution < -0.4 is 0 Å². The highest BCUT2D eigenvalue weighted by molar-refractivity contribution is 7.11. The van der Waals surface area contributed by atoms with E-state index in [4.69, 9.17) is 0 Å². The van der Waals surface area contributed by atoms with Crippen LogP contribution in [0.2, 0.25) is 0 Å². The largest absolute Gasteiger partial charge is 0.396 e. The maximum atomic E-state index is 12.3. The lowest BCUT2D eigenvalue weighted by Gasteiger charge is -2.40. The van der Waals surface area contributed by atoms with Crippen LogP contribution in [0.3, 0.4) is 0 Å². The highest BCUT2D eigenvalue weighted by atomic mass is 32.1. The van der Waals surface area contributed by atoms with Gasteiger partial charge in [-0.3, -0.25) is 4.79 Å². The van der Waals surface area contributed by atoms with E-state index in [1.807, 2.05) is 18.7 Å². The standard InChI is InChI=1S/C15H24N2O2S/c1-4-15(10-18)5-7-17(8-6-15)14(19)9-13-11(2)20-12(3)16-13/h18H,4-10H2,1-3H3. The summed E-state index contributed by atoms with van der Waals surface area (Å²) >= 11 is 1.65. The molecule has 0 unspecified atom stereocenters. The number of hydrogen-bond donors (Lipinski definition) is 1. The van der Waals surface area contributed by atoms with Crippen LogP contribution in [-0.4, -0.2) is 40.6 Å². The fraction of sp³-hybridized carbons (Fsp3) is 0.733. The zero-order valence-corrected chi connectivity index (χ0v) is 13.4. The molecule has 1 saturated heterocycles. The van der Waals surface area contributed by atoms with E-state index in [0.29, 0.717) is 6.42 Å². The van der Waals surface area contributed by atoms with Crippen molar-refractivity contribution in [2.45, 2.75) is 46.5 Å². The Bertz CT molecular complexity index is 470. The summed E-state index contributed by atoms with van der Waals surface area (Å²) < 4.78 is 0. The third kappa shape index (κ3) is 3.20. The van der Waals surface area contributed by atoms with E-state index in [0.717, 1.165) is 47.9 Å². The van der Waals surface area contributed by atoms with Gasteiger partial charge < -0.3 is 10.0 Å². The number of aliphatic hydroxyl groups excluding tert-OH is 1. The van der Waals surface area contributed by atoms with Crippen LogP contribution in [0.25, 0.3) is 0 Å². The first-order valence-electron chi connectivity index (χ1n) is 7.31. The molecule has 0 aliphatic carbocycles. The van der Waals surface area contributed by atoms with Crippen LogP contribution in [-0.2, 0) is 11.2 Å². The molecule has 5 heteroatoms. The quantitative estimate of drug-likeness (QED) is 0.927. The van der Waals surface area contributed by atoms with E-state index in [1.54, 1.807) is 11.3 Å². The molecule has 1 amide bonds. The van der Waals surface area contributed by atoms with Crippen LogP contribution in [0, 0.1) is 19.3 Å². The molecule has 0 radical (unpaired) electrons. The smallest absolute Gasteiger partial charge is 0.228 e. The van der Waals surface area contributed by atoms with Crippen molar-refractivity contribution < 1.29 is 9.90 Å². The minimum absolute atomic E-state index is 0.0317. The number of aliphatic hydroxyl groups is 1. The van der Waals surface area contributed by atoms with Gasteiger partial charge in [-0.1, -0.05) is 6.92 Å². The normalized spacial score (nSPS) is 18.3. The Hall–Kier alpha value is -0.940. The first-order chi connectivity index (χ1) is 9.49. The number of likely N-dealkylation sites (tertiary alicyclic amines) is 1. The fourth-order valence-electron chi connectivity index (χ4n) is 2.85. The van der Waals surface area contributed by atoms with Crippen molar-refractivity contribution in [3.05, 3.63) is 15.6 Å². The number of carbonyl (C=O) groups excluding carboxylic acids is 1. The molecule has 1 aromatic heterocycles. The van der Waals surface area contributed by atoms with Gasteiger partial charge in [0.15, 0.2) is 0 Å². The van der Waals surface area contributed by atoms with Gasteiger partial charge in [-0.25, -0.2) is 4.98 Å². The number of aryl methyl sites for hydroxylation is 2. The Morgan fingerprint density at radius 3 is 2.50 bits per heavy atom. The van der Waals surface area contributed by atoms with Gasteiger partial charge in [0, 0.05) is 24.6 Å². The number of piperidine rings is 1. The summed E-state index contributed by atoms with van der Waals surface area (Å²) in [6.07, 6.45) is 3.20. The van der Waals surface area contributed by atoms with Crippen molar-refractivity contribution in [2.75, 3.05) is 19.7 Å². The molecule has 1 fully saturated rings. The number of thiazole rings is 1. The topological polar surface area (TPSA) is 53.4 Å². The number of carbonyl (C=O) groups is 1. The molecule has 112 valence electrons. The third-order valence-corrected chi connectivity index (χ3v) is 5.51. The molecule has 0 bridgehead atoms. The summed E-state index contributed by atoms with van der Waals surface area (Å²) in [5, 5.41) is 10.6. The average molecular weight is 296 g/mol. The molecule has 20 heavy (non-hydrogen) atoms. The van der Waals surface area contributed by atoms with Gasteiger partial charge in [0.1, 0.15) is 0 Å². The van der Waals surface area contributed by atoms with Gasteiger partial charge >= 0.3 is 0 Å². The monoisotopic (exact) mass is 296 g/mol. The molecule has 1 aliphatic heterocycles. The molecule has 2 heterocycles. The molecular weight excluding hydrogens is 272 g/mol. The van der Waals surface area contributed by atoms with Gasteiger partial charge in [0.2, 0.25) is 5.91 Å². The second-order valence-corrected chi connectivity index (χ2v) is 7.21. The fourth-order valence-corrected chi connectivity index (χ4v) is 3.68. The Labute approximate surface area is 124 Å². The Morgan fingerprint density at radius 1 is 1.40 bits per heavy atom. The molecule has 1 aromatic rings. The Morgan fingerprint density at radius 2 is 2.05 bits per heavy atom. The summed E-state index contributed by atoms with van der Waals surface area (Å²) in [4.78, 5) is 19.9. The van der Waals surface area contributed by atoms with Crippen LogP contribution in [0.5, 0.6) is 0 Å². The van der Waals surface area contributed by atoms with Crippen LogP contribution in [0.15, 0.2) is 0 Å². The molecule has 0 saturated carbocycles. The van der Waals surface area contributed by atoms with Crippen molar-refractivity contribution in [2.24, 2.45) is 5.41 Å². The Kier molecular flexibility index (Phi) is 4.81. The summed E-state index contributed by atoms with van der Waals surface area (Å²) in [6, 6.07) is 0. The first-order valence-corrected chi connectivity index (χ1v) is 8.13. The lowest BCUT2D eigenvalue weighted by molar-refractivity contribution is -0.133. The number of hydrogen-bond acceptors (Lipinski definition) is 4. The van der Waals surface area contributed by atoms with E-state index >= 15 is 0 Å². The van der Waals surface area contributed by atoms with Gasteiger partial charge in [-0.15, -0.1) is 11.3 Å². The van der Waals surface area contributed by atoms with Crippen LogP contribution in [0.4, 0.5) is 0 Å². The molecule has 0 atom stereocenters. The summed E-state index contributed by atoms with van der Waals surface area (Å²) in [7, 11) is 0. The highest BCUT2D eigenvalue weighted by Gasteiger charge is 2.33. The number of aromatic nitrogens is 1. The predicted molar refractivity (Wildman–Crippen MR) is 80.9 cm³/mol. The zero-order chi connectivity index (χ0) is 14.8. The van der Waals surface area contributed by atoms with Gasteiger partial charge in [-0.2, -0.15) is 0 Å². The van der Waals surface area contributed by atoms with Crippen molar-refractivity contribution in [1.29, 1.82) is 0 Å². The number of rotatable bonds is 4. The SMILES string of the molecule is CCC1(CO)CCN(C(=O)Cc2nc(C)sc2C)CC1. The van der Waals surface area contributed by atoms with Crippen molar-refractivity contribution in [3.8, 4) is 0 Å². The number of amides is 1. The van der Waals surface area contributed by atoms with Gasteiger partial charge in [0.25, 0.3) is 0 Å². The molecule has 0 aromatic carbocycles. The summed E-state index contributed by atoms with van der Waals surface area (Å²) in [5.41, 5.74) is 0.955. The maximum Gasteiger partial charge on any atom is 0.228 e. The summed E-state index contributed by atoms with van der Waals surface area (Å²) in [5.74, 6) is 0.168. The second kappa shape index (κ2) is 6.22. The van der Waals surface area contributed by atoms with Gasteiger partial charge in [0.05, 0.1) is 17.1 Å². The Balaban J connectivity index is 1.94. The van der Waals surface area contributed by atoms with E-state index in [2.05, 4.69) is 11.9 Å². The lowest BCUT2D eigenvalue weighted by atomic mass is 9.77. The highest BCUT2D eigenvalue weighted by Crippen LogP contribution is 2.34. The molecule has 0 spiro atoms. The van der Waals surface area contributed by atoms with Crippen LogP contribution >= 0.6 is 11.3 Å². The van der Waals surface area contributed by atoms with E-state index in [9.17, 15) is 9.90 Å². The first kappa shape index (κ1) is 15.4. The maximum absolute atomic E-state index is 12.3. The third-order valence-electron chi connectivity index (χ3n) is 4.58. The predicted octanol–water partition coefficient (Wildman–Crippen LogP) is 2.31. The van der Waals surface area contributed by atoms with Crippen molar-refractivity contribution >= 4 is 17.2 Å². The van der Waals surface area contributed by atoms with Gasteiger partial charge in [-0.05, 0) is 38.5 Å². The zero-order valence-electron chi connectivity index (χ0n) is 12.6. The number of nitrogens with zero attached hydrogens (tertiary/aromatic N) is 2. The van der Waals surface area contributed by atoms with Crippen molar-refractivity contribution in [3.63, 3.8) is 0 Å². The molecule has 1 aliphatic rings. The summed E-state index contributed by atoms with van der Waals surface area (Å²) in [6.45, 7) is 7.87. The molecule has 1 N–H and O–H groups in total. The lowest BCUT2D eigenvalue weighted by Crippen LogP contribution is -2.45.